The number of sulfonamides is 1. The van der Waals surface area contributed by atoms with Crippen LogP contribution in [0.5, 0.6) is 0 Å². The Morgan fingerprint density at radius 1 is 1.02 bits per heavy atom. The first-order valence-corrected chi connectivity index (χ1v) is 19.3. The predicted molar refractivity (Wildman–Crippen MR) is 187 cm³/mol. The van der Waals surface area contributed by atoms with Gasteiger partial charge in [0.25, 0.3) is 17.9 Å². The molecule has 19 heteroatoms. The van der Waals surface area contributed by atoms with Crippen LogP contribution in [0.15, 0.2) is 74.8 Å². The Hall–Kier alpha value is -4.59. The van der Waals surface area contributed by atoms with Gasteiger partial charge < -0.3 is 10.1 Å². The summed E-state index contributed by atoms with van der Waals surface area (Å²) in [7, 11) is -3.94. The molecule has 8 rings (SSSR count). The average Bonchev–Trinajstić information content (AvgIpc) is 3.79. The minimum atomic E-state index is -3.94. The lowest BCUT2D eigenvalue weighted by Gasteiger charge is -2.26. The van der Waals surface area contributed by atoms with Crippen molar-refractivity contribution in [2.75, 3.05) is 26.3 Å². The van der Waals surface area contributed by atoms with Crippen molar-refractivity contribution < 1.29 is 44.3 Å². The number of morpholine rings is 1. The van der Waals surface area contributed by atoms with Crippen LogP contribution in [0.2, 0.25) is 0 Å². The molecule has 0 radical (unpaired) electrons. The number of fused-ring (bicyclic) bond motifs is 4. The SMILES string of the molecule is O=C(Cn1nc(C(F)F)c2c1C(F)(F)[C@H]1CC21)N[C@H](Cc1cc(F)cc(F)c1)c1nc2cc(Br)ccc2c(=O)n1-c1ccc(S(=O)(=O)N2CCOCC2)cc1. The highest BCUT2D eigenvalue weighted by Crippen LogP contribution is 2.68. The van der Waals surface area contributed by atoms with Crippen LogP contribution in [-0.4, -0.2) is 64.3 Å². The molecule has 1 amide bonds. The van der Waals surface area contributed by atoms with E-state index in [0.29, 0.717) is 15.2 Å². The number of amides is 1. The Kier molecular flexibility index (Phi) is 9.41. The van der Waals surface area contributed by atoms with Crippen LogP contribution in [0.25, 0.3) is 16.6 Å². The number of carbonyl (C=O) groups excluding carboxylic acids is 1. The zero-order valence-corrected chi connectivity index (χ0v) is 30.8. The van der Waals surface area contributed by atoms with E-state index in [1.165, 1.54) is 40.7 Å². The van der Waals surface area contributed by atoms with E-state index < -0.39 is 87.7 Å². The molecule has 1 N–H and O–H groups in total. The molecule has 1 unspecified atom stereocenters. The number of hydrogen-bond acceptors (Lipinski definition) is 7. The molecule has 2 aliphatic carbocycles. The number of nitrogens with zero attached hydrogens (tertiary/aromatic N) is 5. The van der Waals surface area contributed by atoms with Gasteiger partial charge in [0.1, 0.15) is 35.4 Å². The molecular formula is C36H29BrF6N6O5S. The molecule has 3 atom stereocenters. The second-order valence-corrected chi connectivity index (χ2v) is 16.4. The van der Waals surface area contributed by atoms with Gasteiger partial charge in [-0.05, 0) is 72.5 Å². The van der Waals surface area contributed by atoms with E-state index in [9.17, 15) is 35.6 Å². The summed E-state index contributed by atoms with van der Waals surface area (Å²) in [5.41, 5.74) is -2.25. The van der Waals surface area contributed by atoms with Gasteiger partial charge >= 0.3 is 0 Å². The van der Waals surface area contributed by atoms with Crippen molar-refractivity contribution in [3.63, 3.8) is 0 Å². The number of alkyl halides is 4. The molecule has 0 bridgehead atoms. The minimum absolute atomic E-state index is 0.0106. The van der Waals surface area contributed by atoms with Gasteiger partial charge in [-0.15, -0.1) is 0 Å². The van der Waals surface area contributed by atoms with Crippen LogP contribution in [-0.2, 0) is 38.4 Å². The fourth-order valence-electron chi connectivity index (χ4n) is 7.49. The summed E-state index contributed by atoms with van der Waals surface area (Å²) < 4.78 is 123. The quantitative estimate of drug-likeness (QED) is 0.174. The maximum absolute atomic E-state index is 15.3. The fourth-order valence-corrected chi connectivity index (χ4v) is 9.24. The predicted octanol–water partition coefficient (Wildman–Crippen LogP) is 5.89. The molecule has 5 aromatic rings. The number of nitrogens with one attached hydrogen (secondary N) is 1. The summed E-state index contributed by atoms with van der Waals surface area (Å²) in [5, 5.41) is 6.45. The standard InChI is InChI=1S/C36H29BrF6N6O5S/c37-19-1-6-24-27(14-19)45-34(49(35(24)51)22-2-4-23(5-3-22)55(52,53)47-7-9-54-10-8-47)28(13-18-11-20(38)15-21(39)12-18)44-29(50)17-48-32-30(31(46-48)33(40)41)25-16-26(25)36(32,42)43/h1-6,11-12,14-15,25-26,28,33H,7-10,13,16-17H2,(H,44,50)/t25?,26-,28+/m0/s1. The molecule has 288 valence electrons. The van der Waals surface area contributed by atoms with Crippen molar-refractivity contribution in [3.8, 4) is 5.69 Å². The second kappa shape index (κ2) is 13.9. The van der Waals surface area contributed by atoms with Crippen molar-refractivity contribution in [1.29, 1.82) is 0 Å². The van der Waals surface area contributed by atoms with Gasteiger partial charge in [0, 0.05) is 41.5 Å². The maximum atomic E-state index is 15.3. The van der Waals surface area contributed by atoms with Crippen LogP contribution < -0.4 is 10.9 Å². The highest BCUT2D eigenvalue weighted by Gasteiger charge is 2.67. The monoisotopic (exact) mass is 850 g/mol. The van der Waals surface area contributed by atoms with Crippen molar-refractivity contribution in [3.05, 3.63) is 115 Å². The van der Waals surface area contributed by atoms with Gasteiger partial charge in [-0.1, -0.05) is 15.9 Å². The normalized spacial score (nSPS) is 19.7. The largest absolute Gasteiger partial charge is 0.379 e. The van der Waals surface area contributed by atoms with E-state index in [1.807, 2.05) is 0 Å². The third-order valence-electron chi connectivity index (χ3n) is 10.0. The van der Waals surface area contributed by atoms with Gasteiger partial charge in [0.15, 0.2) is 0 Å². The van der Waals surface area contributed by atoms with Crippen molar-refractivity contribution in [2.24, 2.45) is 5.92 Å². The Bertz CT molecular complexity index is 2510. The van der Waals surface area contributed by atoms with E-state index in [-0.39, 0.29) is 71.2 Å². The van der Waals surface area contributed by atoms with Crippen molar-refractivity contribution >= 4 is 42.8 Å². The third-order valence-corrected chi connectivity index (χ3v) is 12.4. The smallest absolute Gasteiger partial charge is 0.293 e. The molecule has 11 nitrogen and oxygen atoms in total. The number of aromatic nitrogens is 4. The molecule has 55 heavy (non-hydrogen) atoms. The van der Waals surface area contributed by atoms with E-state index in [2.05, 4.69) is 26.3 Å². The average molecular weight is 852 g/mol. The maximum Gasteiger partial charge on any atom is 0.293 e. The minimum Gasteiger partial charge on any atom is -0.379 e. The molecule has 3 heterocycles. The molecule has 2 aromatic heterocycles. The topological polar surface area (TPSA) is 128 Å². The highest BCUT2D eigenvalue weighted by molar-refractivity contribution is 9.10. The van der Waals surface area contributed by atoms with E-state index >= 15 is 8.78 Å². The lowest BCUT2D eigenvalue weighted by Crippen LogP contribution is -2.40. The van der Waals surface area contributed by atoms with Gasteiger partial charge in [-0.25, -0.2) is 31.0 Å². The van der Waals surface area contributed by atoms with Crippen LogP contribution in [0.1, 0.15) is 53.1 Å². The number of rotatable bonds is 10. The Balaban J connectivity index is 1.23. The first-order valence-electron chi connectivity index (χ1n) is 17.1. The van der Waals surface area contributed by atoms with Crippen molar-refractivity contribution in [2.45, 2.75) is 48.6 Å². The first-order chi connectivity index (χ1) is 26.1. The fraction of sp³-hybridized carbons (Fsp3) is 0.333. The van der Waals surface area contributed by atoms with Gasteiger partial charge in [0.2, 0.25) is 15.9 Å². The number of benzene rings is 3. The summed E-state index contributed by atoms with van der Waals surface area (Å²) in [6.45, 7) is -0.212. The van der Waals surface area contributed by atoms with Gasteiger partial charge in [-0.3, -0.25) is 18.8 Å². The van der Waals surface area contributed by atoms with Crippen molar-refractivity contribution in [1.82, 2.24) is 29.0 Å². The Morgan fingerprint density at radius 3 is 2.38 bits per heavy atom. The molecule has 3 aromatic carbocycles. The van der Waals surface area contributed by atoms with Crippen LogP contribution in [0.4, 0.5) is 26.3 Å². The molecule has 3 aliphatic rings. The highest BCUT2D eigenvalue weighted by atomic mass is 79.9. The number of hydrogen-bond donors (Lipinski definition) is 1. The summed E-state index contributed by atoms with van der Waals surface area (Å²) >= 11 is 3.35. The third kappa shape index (κ3) is 6.74. The summed E-state index contributed by atoms with van der Waals surface area (Å²) in [4.78, 5) is 32.7. The van der Waals surface area contributed by atoms with Gasteiger partial charge in [0.05, 0.1) is 40.7 Å². The van der Waals surface area contributed by atoms with E-state index in [4.69, 9.17) is 9.72 Å². The molecule has 1 saturated heterocycles. The number of ether oxygens (including phenoxy) is 1. The lowest BCUT2D eigenvalue weighted by atomic mass is 10.0. The van der Waals surface area contributed by atoms with E-state index in [1.54, 1.807) is 6.07 Å². The lowest BCUT2D eigenvalue weighted by molar-refractivity contribution is -0.123. The van der Waals surface area contributed by atoms with Crippen LogP contribution in [0.3, 0.4) is 0 Å². The Labute approximate surface area is 317 Å². The molecule has 1 saturated carbocycles. The number of carbonyl (C=O) groups is 1. The summed E-state index contributed by atoms with van der Waals surface area (Å²) in [6, 6.07) is 11.1. The zero-order valence-electron chi connectivity index (χ0n) is 28.4. The molecular weight excluding hydrogens is 822 g/mol. The summed E-state index contributed by atoms with van der Waals surface area (Å²) in [6.07, 6.45) is -3.55. The Morgan fingerprint density at radius 2 is 1.71 bits per heavy atom. The van der Waals surface area contributed by atoms with Crippen LogP contribution in [0, 0.1) is 17.6 Å². The molecule has 1 aliphatic heterocycles. The van der Waals surface area contributed by atoms with Gasteiger partial charge in [-0.2, -0.15) is 18.2 Å². The zero-order chi connectivity index (χ0) is 39.0. The number of halogens is 7. The van der Waals surface area contributed by atoms with Crippen LogP contribution >= 0.6 is 15.9 Å². The summed E-state index contributed by atoms with van der Waals surface area (Å²) in [5.74, 6) is -8.56. The second-order valence-electron chi connectivity index (χ2n) is 13.6. The molecule has 2 fully saturated rings. The first kappa shape index (κ1) is 37.3. The molecule has 0 spiro atoms. The van der Waals surface area contributed by atoms with E-state index in [0.717, 1.165) is 16.7 Å².